The molecule has 0 aromatic heterocycles. The van der Waals surface area contributed by atoms with Crippen molar-refractivity contribution in [2.75, 3.05) is 4.90 Å². The minimum Gasteiger partial charge on any atom is -0.310 e. The molecule has 3 aliphatic rings. The zero-order chi connectivity index (χ0) is 39.6. The maximum Gasteiger partial charge on any atom is 0.180 e. The number of nitrogens with zero attached hydrogens (tertiary/aromatic N) is 1. The van der Waals surface area contributed by atoms with Gasteiger partial charge in [0, 0.05) is 27.8 Å². The number of fused-ring (bicyclic) bond motifs is 9. The summed E-state index contributed by atoms with van der Waals surface area (Å²) in [6, 6.07) is 67.8. The number of hydrogen-bond acceptors (Lipinski definition) is 1. The lowest BCUT2D eigenvalue weighted by Gasteiger charge is -2.33. The van der Waals surface area contributed by atoms with E-state index in [1.165, 1.54) is 105 Å². The topological polar surface area (TPSA) is 3.24 Å². The van der Waals surface area contributed by atoms with Crippen molar-refractivity contribution in [1.29, 1.82) is 0 Å². The van der Waals surface area contributed by atoms with Gasteiger partial charge in [0.05, 0.1) is 5.69 Å². The molecule has 0 saturated carbocycles. The molecule has 0 spiro atoms. The van der Waals surface area contributed by atoms with Crippen LogP contribution in [0.2, 0.25) is 0 Å². The highest BCUT2D eigenvalue weighted by Crippen LogP contribution is 2.54. The van der Waals surface area contributed by atoms with E-state index < -0.39 is 8.07 Å². The van der Waals surface area contributed by atoms with Crippen molar-refractivity contribution in [3.05, 3.63) is 209 Å². The minimum absolute atomic E-state index is 0.126. The van der Waals surface area contributed by atoms with Crippen LogP contribution >= 0.6 is 0 Å². The van der Waals surface area contributed by atoms with Crippen LogP contribution in [0.25, 0.3) is 33.4 Å². The Kier molecular flexibility index (Phi) is 7.47. The second-order valence-electron chi connectivity index (χ2n) is 17.9. The first-order valence-corrected chi connectivity index (χ1v) is 22.8. The van der Waals surface area contributed by atoms with E-state index in [0.29, 0.717) is 0 Å². The number of aryl methyl sites for hydroxylation is 2. The van der Waals surface area contributed by atoms with Crippen LogP contribution in [0.15, 0.2) is 176 Å². The zero-order valence-corrected chi connectivity index (χ0v) is 35.2. The Bertz CT molecular complexity index is 2810. The van der Waals surface area contributed by atoms with Gasteiger partial charge in [-0.15, -0.1) is 0 Å². The van der Waals surface area contributed by atoms with Gasteiger partial charge in [0.25, 0.3) is 0 Å². The van der Waals surface area contributed by atoms with Crippen LogP contribution in [-0.2, 0) is 10.8 Å². The van der Waals surface area contributed by atoms with Crippen molar-refractivity contribution >= 4 is 45.9 Å². The van der Waals surface area contributed by atoms with Gasteiger partial charge in [-0.1, -0.05) is 184 Å². The van der Waals surface area contributed by atoms with Crippen LogP contribution in [0.5, 0.6) is 0 Å². The fourth-order valence-electron chi connectivity index (χ4n) is 11.0. The minimum atomic E-state index is -2.74. The highest BCUT2D eigenvalue weighted by atomic mass is 28.3. The molecular weight excluding hydrogens is 715 g/mol. The third-order valence-electron chi connectivity index (χ3n) is 13.9. The summed E-state index contributed by atoms with van der Waals surface area (Å²) in [6.07, 6.45) is 0. The first-order valence-electron chi connectivity index (χ1n) is 20.8. The average molecular weight is 762 g/mol. The van der Waals surface area contributed by atoms with Crippen LogP contribution in [-0.4, -0.2) is 8.07 Å². The lowest BCUT2D eigenvalue weighted by atomic mass is 9.82. The molecule has 0 bridgehead atoms. The first-order chi connectivity index (χ1) is 28.1. The molecule has 8 aromatic rings. The Morgan fingerprint density at radius 2 is 0.810 bits per heavy atom. The third kappa shape index (κ3) is 4.70. The second kappa shape index (κ2) is 12.4. The smallest absolute Gasteiger partial charge is 0.180 e. The molecular formula is C56H47NSi. The van der Waals surface area contributed by atoms with E-state index in [4.69, 9.17) is 0 Å². The largest absolute Gasteiger partial charge is 0.310 e. The summed E-state index contributed by atoms with van der Waals surface area (Å²) < 4.78 is 0. The van der Waals surface area contributed by atoms with Gasteiger partial charge in [-0.2, -0.15) is 0 Å². The van der Waals surface area contributed by atoms with Gasteiger partial charge in [-0.3, -0.25) is 0 Å². The molecule has 0 saturated heterocycles. The molecule has 8 aromatic carbocycles. The van der Waals surface area contributed by atoms with Gasteiger partial charge < -0.3 is 4.90 Å². The van der Waals surface area contributed by atoms with Crippen molar-refractivity contribution in [3.8, 4) is 33.4 Å². The number of hydrogen-bond donors (Lipinski definition) is 0. The molecule has 11 rings (SSSR count). The summed E-state index contributed by atoms with van der Waals surface area (Å²) in [5, 5.41) is 5.75. The first kappa shape index (κ1) is 35.0. The van der Waals surface area contributed by atoms with Gasteiger partial charge in [0.2, 0.25) is 0 Å². The standard InChI is InChI=1S/C56H47NSi/c1-36-22-28-40(29-23-36)58(41-30-24-37(2)25-31-41)52-20-12-9-16-46(52)54-51(19-13-21-53(54)58)57(38-26-32-44-42-14-7-10-17-47(42)55(3,4)49(44)34-38)39-27-33-45-43-15-8-11-18-48(43)56(5,6)50(45)35-39/h7-35H,1-6H3. The molecule has 2 aliphatic carbocycles. The maximum absolute atomic E-state index is 2.74. The quantitative estimate of drug-likeness (QED) is 0.158. The van der Waals surface area contributed by atoms with E-state index in [-0.39, 0.29) is 10.8 Å². The summed E-state index contributed by atoms with van der Waals surface area (Å²) in [6.45, 7) is 14.0. The molecule has 0 N–H and O–H groups in total. The van der Waals surface area contributed by atoms with Crippen LogP contribution in [0.4, 0.5) is 17.1 Å². The van der Waals surface area contributed by atoms with Crippen molar-refractivity contribution in [1.82, 2.24) is 0 Å². The molecule has 0 amide bonds. The molecule has 1 aliphatic heterocycles. The van der Waals surface area contributed by atoms with Crippen molar-refractivity contribution in [3.63, 3.8) is 0 Å². The van der Waals surface area contributed by atoms with Crippen LogP contribution < -0.4 is 25.6 Å². The molecule has 280 valence electrons. The molecule has 1 heterocycles. The second-order valence-corrected chi connectivity index (χ2v) is 21.6. The van der Waals surface area contributed by atoms with Crippen LogP contribution in [0, 0.1) is 13.8 Å². The Morgan fingerprint density at radius 1 is 0.379 bits per heavy atom. The van der Waals surface area contributed by atoms with E-state index >= 15 is 0 Å². The summed E-state index contributed by atoms with van der Waals surface area (Å²) in [5.74, 6) is 0. The highest BCUT2D eigenvalue weighted by Gasteiger charge is 2.50. The lowest BCUT2D eigenvalue weighted by molar-refractivity contribution is 0.660. The van der Waals surface area contributed by atoms with Gasteiger partial charge in [-0.25, -0.2) is 0 Å². The molecule has 0 fully saturated rings. The molecule has 2 heteroatoms. The van der Waals surface area contributed by atoms with E-state index in [1.54, 1.807) is 0 Å². The third-order valence-corrected chi connectivity index (χ3v) is 18.8. The van der Waals surface area contributed by atoms with Gasteiger partial charge in [0.15, 0.2) is 8.07 Å². The van der Waals surface area contributed by atoms with Crippen molar-refractivity contribution in [2.24, 2.45) is 0 Å². The van der Waals surface area contributed by atoms with Gasteiger partial charge in [0.1, 0.15) is 0 Å². The molecule has 0 unspecified atom stereocenters. The number of anilines is 3. The van der Waals surface area contributed by atoms with Crippen LogP contribution in [0.3, 0.4) is 0 Å². The Morgan fingerprint density at radius 3 is 1.33 bits per heavy atom. The molecule has 1 nitrogen and oxygen atoms in total. The van der Waals surface area contributed by atoms with E-state index in [2.05, 4.69) is 222 Å². The monoisotopic (exact) mass is 761 g/mol. The predicted molar refractivity (Wildman–Crippen MR) is 248 cm³/mol. The predicted octanol–water partition coefficient (Wildman–Crippen LogP) is 11.7. The Hall–Kier alpha value is -6.22. The number of rotatable bonds is 5. The molecule has 58 heavy (non-hydrogen) atoms. The summed E-state index contributed by atoms with van der Waals surface area (Å²) in [5.41, 5.74) is 19.5. The summed E-state index contributed by atoms with van der Waals surface area (Å²) in [4.78, 5) is 2.59. The fourth-order valence-corrected chi connectivity index (χ4v) is 16.1. The fraction of sp³-hybridized carbons (Fsp3) is 0.143. The van der Waals surface area contributed by atoms with Crippen LogP contribution in [0.1, 0.15) is 61.1 Å². The van der Waals surface area contributed by atoms with Gasteiger partial charge >= 0.3 is 0 Å². The Balaban J connectivity index is 1.21. The van der Waals surface area contributed by atoms with E-state index in [0.717, 1.165) is 0 Å². The van der Waals surface area contributed by atoms with Crippen molar-refractivity contribution in [2.45, 2.75) is 52.4 Å². The SMILES string of the molecule is Cc1ccc([Si]2(c3ccc(C)cc3)c3ccccc3-c3c(N(c4ccc5c(c4)C(C)(C)c4ccccc4-5)c4ccc5c(c4)C(C)(C)c4ccccc4-5)cccc32)cc1. The Labute approximate surface area is 344 Å². The number of benzene rings is 8. The zero-order valence-electron chi connectivity index (χ0n) is 34.2. The summed E-state index contributed by atoms with van der Waals surface area (Å²) >= 11 is 0. The maximum atomic E-state index is 2.59. The summed E-state index contributed by atoms with van der Waals surface area (Å²) in [7, 11) is -2.74. The molecule has 0 radical (unpaired) electrons. The normalized spacial score (nSPS) is 15.5. The van der Waals surface area contributed by atoms with E-state index in [9.17, 15) is 0 Å². The average Bonchev–Trinajstić information content (AvgIpc) is 3.77. The lowest BCUT2D eigenvalue weighted by Crippen LogP contribution is -2.72. The van der Waals surface area contributed by atoms with Crippen molar-refractivity contribution < 1.29 is 0 Å². The van der Waals surface area contributed by atoms with E-state index in [1.807, 2.05) is 0 Å². The molecule has 0 atom stereocenters. The van der Waals surface area contributed by atoms with Gasteiger partial charge in [-0.05, 0) is 115 Å². The highest BCUT2D eigenvalue weighted by molar-refractivity contribution is 7.22.